The molecule has 0 aromatic rings. The van der Waals surface area contributed by atoms with Gasteiger partial charge in [0.05, 0.1) is 11.3 Å². The lowest BCUT2D eigenvalue weighted by Crippen LogP contribution is -2.64. The minimum Gasteiger partial charge on any atom is -0.481 e. The molecule has 0 heterocycles. The van der Waals surface area contributed by atoms with Gasteiger partial charge in [0, 0.05) is 66.4 Å². The Hall–Kier alpha value is -2.97. The van der Waals surface area contributed by atoms with Crippen molar-refractivity contribution >= 4 is 40.9 Å². The van der Waals surface area contributed by atoms with Crippen LogP contribution in [0, 0.1) is 45.3 Å². The summed E-state index contributed by atoms with van der Waals surface area (Å²) in [7, 11) is 0. The number of fused-ring (bicyclic) bond motifs is 4. The Balaban J connectivity index is 1.89. The molecule has 41 heavy (non-hydrogen) atoms. The van der Waals surface area contributed by atoms with Gasteiger partial charge in [-0.25, -0.2) is 0 Å². The Morgan fingerprint density at radius 3 is 2.10 bits per heavy atom. The first-order valence-corrected chi connectivity index (χ1v) is 14.6. The van der Waals surface area contributed by atoms with E-state index < -0.39 is 69.2 Å². The highest BCUT2D eigenvalue weighted by atomic mass is 16.5. The molecular formula is C32H42O9. The molecule has 2 unspecified atom stereocenters. The van der Waals surface area contributed by atoms with Crippen LogP contribution < -0.4 is 0 Å². The Labute approximate surface area is 240 Å². The van der Waals surface area contributed by atoms with Gasteiger partial charge < -0.3 is 9.84 Å². The molecule has 8 atom stereocenters. The number of hydrogen-bond donors (Lipinski definition) is 1. The van der Waals surface area contributed by atoms with E-state index in [0.29, 0.717) is 6.42 Å². The average molecular weight is 571 g/mol. The number of allylic oxidation sites excluding steroid dienone is 1. The molecule has 9 nitrogen and oxygen atoms in total. The number of carboxylic acids is 1. The SMILES string of the molecule is CC(=O)O[C@@H]1C(=O)C2=C(C(=O)CC3C(C)(C)C(=O)CC[C@]23C)[C@]2(C)C(=O)C[C@H]([C@H](C)CC(=O)CC(C)C(=O)O)[C@@]12C. The molecule has 224 valence electrons. The highest BCUT2D eigenvalue weighted by Crippen LogP contribution is 2.70. The number of Topliss-reactive ketones (excluding diaryl/α,β-unsaturated/α-hetero) is 5. The normalized spacial score (nSPS) is 37.6. The number of carboxylic acid groups (broad SMARTS) is 1. The van der Waals surface area contributed by atoms with Crippen molar-refractivity contribution in [3.63, 3.8) is 0 Å². The monoisotopic (exact) mass is 570 g/mol. The van der Waals surface area contributed by atoms with Crippen molar-refractivity contribution in [2.24, 2.45) is 45.3 Å². The van der Waals surface area contributed by atoms with E-state index in [9.17, 15) is 38.7 Å². The van der Waals surface area contributed by atoms with Crippen molar-refractivity contribution in [1.29, 1.82) is 0 Å². The molecule has 0 saturated heterocycles. The number of aliphatic carboxylic acids is 1. The van der Waals surface area contributed by atoms with Gasteiger partial charge in [0.15, 0.2) is 11.9 Å². The van der Waals surface area contributed by atoms with E-state index in [-0.39, 0.29) is 66.4 Å². The summed E-state index contributed by atoms with van der Waals surface area (Å²) in [4.78, 5) is 92.3. The number of hydrogen-bond acceptors (Lipinski definition) is 8. The summed E-state index contributed by atoms with van der Waals surface area (Å²) in [6.45, 7) is 13.3. The smallest absolute Gasteiger partial charge is 0.306 e. The number of ether oxygens (including phenoxy) is 1. The van der Waals surface area contributed by atoms with Crippen LogP contribution in [0.2, 0.25) is 0 Å². The first-order valence-electron chi connectivity index (χ1n) is 14.6. The van der Waals surface area contributed by atoms with Crippen LogP contribution in [-0.2, 0) is 38.3 Å². The molecule has 4 aliphatic carbocycles. The van der Waals surface area contributed by atoms with Crippen molar-refractivity contribution in [2.45, 2.75) is 100 Å². The number of carbonyl (C=O) groups is 7. The summed E-state index contributed by atoms with van der Waals surface area (Å²) in [6.07, 6.45) is -0.948. The van der Waals surface area contributed by atoms with Gasteiger partial charge in [-0.1, -0.05) is 41.5 Å². The number of carbonyl (C=O) groups excluding carboxylic acids is 6. The van der Waals surface area contributed by atoms with E-state index in [1.807, 2.05) is 6.92 Å². The predicted octanol–water partition coefficient (Wildman–Crippen LogP) is 4.09. The van der Waals surface area contributed by atoms with E-state index in [1.165, 1.54) is 13.8 Å². The third-order valence-electron chi connectivity index (χ3n) is 11.5. The van der Waals surface area contributed by atoms with E-state index in [2.05, 4.69) is 0 Å². The second-order valence-electron chi connectivity index (χ2n) is 14.2. The maximum absolute atomic E-state index is 14.6. The van der Waals surface area contributed by atoms with Gasteiger partial charge in [0.1, 0.15) is 17.3 Å². The number of ketones is 5. The first kappa shape index (κ1) is 31.0. The lowest BCUT2D eigenvalue weighted by atomic mass is 9.42. The van der Waals surface area contributed by atoms with E-state index in [0.717, 1.165) is 0 Å². The van der Waals surface area contributed by atoms with Crippen LogP contribution in [0.3, 0.4) is 0 Å². The standard InChI is InChI=1S/C32H42O9/c1-15(11-18(34)12-16(2)28(39)40)19-13-23(37)32(8)24-20(35)14-21-29(4,5)22(36)9-10-30(21,6)25(24)26(38)27(31(19,32)7)41-17(3)33/h15-16,19,21,27H,9-14H2,1-8H3,(H,39,40)/t15-,16?,19-,21?,27-,30+,31+,32+/m1/s1. The number of esters is 1. The Morgan fingerprint density at radius 2 is 1.54 bits per heavy atom. The minimum atomic E-state index is -1.46. The van der Waals surface area contributed by atoms with Crippen LogP contribution in [0.1, 0.15) is 93.9 Å². The van der Waals surface area contributed by atoms with Crippen molar-refractivity contribution < 1.29 is 43.4 Å². The molecule has 4 aliphatic rings. The van der Waals surface area contributed by atoms with Gasteiger partial charge in [0.25, 0.3) is 0 Å². The number of rotatable bonds is 7. The first-order chi connectivity index (χ1) is 18.8. The fourth-order valence-electron chi connectivity index (χ4n) is 8.99. The highest BCUT2D eigenvalue weighted by Gasteiger charge is 2.74. The van der Waals surface area contributed by atoms with Crippen LogP contribution in [-0.4, -0.2) is 52.1 Å². The second-order valence-corrected chi connectivity index (χ2v) is 14.2. The predicted molar refractivity (Wildman–Crippen MR) is 146 cm³/mol. The van der Waals surface area contributed by atoms with Crippen LogP contribution in [0.25, 0.3) is 0 Å². The Kier molecular flexibility index (Phi) is 7.41. The van der Waals surface area contributed by atoms with Gasteiger partial charge in [-0.3, -0.25) is 33.6 Å². The van der Waals surface area contributed by atoms with Crippen LogP contribution in [0.15, 0.2) is 11.1 Å². The summed E-state index contributed by atoms with van der Waals surface area (Å²) in [6, 6.07) is 0. The van der Waals surface area contributed by atoms with Gasteiger partial charge >= 0.3 is 11.9 Å². The van der Waals surface area contributed by atoms with Crippen LogP contribution in [0.4, 0.5) is 0 Å². The fourth-order valence-corrected chi connectivity index (χ4v) is 8.99. The highest BCUT2D eigenvalue weighted by molar-refractivity contribution is 6.18. The summed E-state index contributed by atoms with van der Waals surface area (Å²) < 4.78 is 5.78. The van der Waals surface area contributed by atoms with Crippen molar-refractivity contribution in [3.8, 4) is 0 Å². The molecular weight excluding hydrogens is 528 g/mol. The molecule has 4 rings (SSSR count). The molecule has 0 amide bonds. The molecule has 2 fully saturated rings. The van der Waals surface area contributed by atoms with Gasteiger partial charge in [-0.15, -0.1) is 0 Å². The third kappa shape index (κ3) is 4.20. The van der Waals surface area contributed by atoms with E-state index in [1.54, 1.807) is 34.6 Å². The zero-order valence-electron chi connectivity index (χ0n) is 25.3. The molecule has 0 aliphatic heterocycles. The summed E-state index contributed by atoms with van der Waals surface area (Å²) in [5.74, 6) is -5.46. The summed E-state index contributed by atoms with van der Waals surface area (Å²) in [5, 5.41) is 9.23. The molecule has 0 spiro atoms. The van der Waals surface area contributed by atoms with Gasteiger partial charge in [-0.2, -0.15) is 0 Å². The molecule has 0 aromatic heterocycles. The summed E-state index contributed by atoms with van der Waals surface area (Å²) >= 11 is 0. The Bertz CT molecular complexity index is 1300. The quantitative estimate of drug-likeness (QED) is 0.447. The molecule has 1 N–H and O–H groups in total. The molecule has 0 bridgehead atoms. The van der Waals surface area contributed by atoms with Crippen molar-refractivity contribution in [1.82, 2.24) is 0 Å². The van der Waals surface area contributed by atoms with Gasteiger partial charge in [0.2, 0.25) is 5.78 Å². The summed E-state index contributed by atoms with van der Waals surface area (Å²) in [5.41, 5.74) is -4.09. The van der Waals surface area contributed by atoms with E-state index in [4.69, 9.17) is 4.74 Å². The third-order valence-corrected chi connectivity index (χ3v) is 11.5. The average Bonchev–Trinajstić information content (AvgIpc) is 3.07. The van der Waals surface area contributed by atoms with E-state index >= 15 is 0 Å². The molecule has 2 saturated carbocycles. The van der Waals surface area contributed by atoms with Crippen LogP contribution in [0.5, 0.6) is 0 Å². The zero-order chi connectivity index (χ0) is 31.0. The zero-order valence-corrected chi connectivity index (χ0v) is 25.3. The van der Waals surface area contributed by atoms with Gasteiger partial charge in [-0.05, 0) is 31.1 Å². The molecule has 0 radical (unpaired) electrons. The largest absolute Gasteiger partial charge is 0.481 e. The van der Waals surface area contributed by atoms with Crippen LogP contribution >= 0.6 is 0 Å². The maximum Gasteiger partial charge on any atom is 0.306 e. The fraction of sp³-hybridized carbons (Fsp3) is 0.719. The minimum absolute atomic E-state index is 0.0157. The van der Waals surface area contributed by atoms with Crippen molar-refractivity contribution in [3.05, 3.63) is 11.1 Å². The maximum atomic E-state index is 14.6. The van der Waals surface area contributed by atoms with Crippen molar-refractivity contribution in [2.75, 3.05) is 0 Å². The lowest BCUT2D eigenvalue weighted by molar-refractivity contribution is -0.175. The molecule has 0 aromatic carbocycles. The molecule has 9 heteroatoms. The second kappa shape index (κ2) is 9.80. The topological polar surface area (TPSA) is 149 Å². The Morgan fingerprint density at radius 1 is 0.927 bits per heavy atom. The lowest BCUT2D eigenvalue weighted by Gasteiger charge is -2.59.